The van der Waals surface area contributed by atoms with Crippen LogP contribution in [0.1, 0.15) is 18.1 Å². The van der Waals surface area contributed by atoms with Gasteiger partial charge in [-0.05, 0) is 46.6 Å². The van der Waals surface area contributed by atoms with Gasteiger partial charge >= 0.3 is 0 Å². The molecule has 2 rings (SSSR count). The van der Waals surface area contributed by atoms with Crippen molar-refractivity contribution in [1.82, 2.24) is 5.32 Å². The Labute approximate surface area is 168 Å². The van der Waals surface area contributed by atoms with E-state index in [1.54, 1.807) is 0 Å². The van der Waals surface area contributed by atoms with Crippen molar-refractivity contribution in [2.75, 3.05) is 13.2 Å². The lowest BCUT2D eigenvalue weighted by Gasteiger charge is -2.16. The predicted octanol–water partition coefficient (Wildman–Crippen LogP) is 5.78. The van der Waals surface area contributed by atoms with Gasteiger partial charge in [-0.1, -0.05) is 35.9 Å². The average molecular weight is 447 g/mol. The summed E-state index contributed by atoms with van der Waals surface area (Å²) in [5.74, 6) is 1.40. The van der Waals surface area contributed by atoms with Crippen molar-refractivity contribution in [2.45, 2.75) is 20.1 Å². The second-order valence-corrected chi connectivity index (χ2v) is 6.40. The van der Waals surface area contributed by atoms with Gasteiger partial charge in [0.1, 0.15) is 6.61 Å². The summed E-state index contributed by atoms with van der Waals surface area (Å²) in [6.45, 7) is 8.09. The summed E-state index contributed by atoms with van der Waals surface area (Å²) in [6, 6.07) is 11.7. The third-order valence-electron chi connectivity index (χ3n) is 3.32. The van der Waals surface area contributed by atoms with Crippen LogP contribution in [0.3, 0.4) is 0 Å². The summed E-state index contributed by atoms with van der Waals surface area (Å²) in [5, 5.41) is 3.97. The van der Waals surface area contributed by atoms with Gasteiger partial charge < -0.3 is 14.8 Å². The maximum atomic E-state index is 6.19. The summed E-state index contributed by atoms with van der Waals surface area (Å²) in [4.78, 5) is 0. The molecule has 0 aliphatic carbocycles. The lowest BCUT2D eigenvalue weighted by Crippen LogP contribution is -2.13. The van der Waals surface area contributed by atoms with E-state index in [0.717, 1.165) is 28.7 Å². The maximum Gasteiger partial charge on any atom is 0.175 e. The second-order valence-electron chi connectivity index (χ2n) is 5.14. The van der Waals surface area contributed by atoms with E-state index < -0.39 is 0 Å². The van der Waals surface area contributed by atoms with Crippen LogP contribution < -0.4 is 14.8 Å². The molecule has 0 atom stereocenters. The third kappa shape index (κ3) is 6.55. The predicted molar refractivity (Wildman–Crippen MR) is 110 cm³/mol. The van der Waals surface area contributed by atoms with Crippen molar-refractivity contribution in [3.05, 3.63) is 69.7 Å². The van der Waals surface area contributed by atoms with Crippen molar-refractivity contribution in [3.8, 4) is 11.5 Å². The Bertz CT molecular complexity index is 695. The van der Waals surface area contributed by atoms with E-state index in [1.165, 1.54) is 0 Å². The zero-order valence-electron chi connectivity index (χ0n) is 14.1. The van der Waals surface area contributed by atoms with Crippen molar-refractivity contribution in [2.24, 2.45) is 0 Å². The smallest absolute Gasteiger partial charge is 0.175 e. The molecule has 1 N–H and O–H groups in total. The van der Waals surface area contributed by atoms with Crippen LogP contribution >= 0.6 is 39.9 Å². The van der Waals surface area contributed by atoms with E-state index >= 15 is 0 Å². The van der Waals surface area contributed by atoms with Crippen LogP contribution in [-0.4, -0.2) is 13.2 Å². The minimum absolute atomic E-state index is 0. The number of nitrogens with one attached hydrogen (secondary N) is 1. The van der Waals surface area contributed by atoms with Crippen LogP contribution in [0.5, 0.6) is 11.5 Å². The summed E-state index contributed by atoms with van der Waals surface area (Å²) in [7, 11) is 0. The van der Waals surface area contributed by atoms with Crippen LogP contribution in [0.25, 0.3) is 0 Å². The van der Waals surface area contributed by atoms with Crippen molar-refractivity contribution >= 4 is 39.9 Å². The molecule has 0 aliphatic heterocycles. The molecule has 0 bridgehead atoms. The molecule has 0 spiro atoms. The van der Waals surface area contributed by atoms with E-state index in [-0.39, 0.29) is 12.4 Å². The molecule has 3 nitrogen and oxygen atoms in total. The molecule has 25 heavy (non-hydrogen) atoms. The molecular weight excluding hydrogens is 425 g/mol. The minimum Gasteiger partial charge on any atom is -0.490 e. The highest BCUT2D eigenvalue weighted by atomic mass is 79.9. The van der Waals surface area contributed by atoms with Crippen molar-refractivity contribution in [3.63, 3.8) is 0 Å². The number of hydrogen-bond acceptors (Lipinski definition) is 3. The molecule has 2 aromatic rings. The molecule has 0 fully saturated rings. The van der Waals surface area contributed by atoms with E-state index in [2.05, 4.69) is 27.8 Å². The van der Waals surface area contributed by atoms with Gasteiger partial charge in [-0.2, -0.15) is 0 Å². The van der Waals surface area contributed by atoms with E-state index in [1.807, 2.05) is 49.4 Å². The Balaban J connectivity index is 0.00000312. The number of halogens is 3. The molecule has 0 saturated heterocycles. The first-order chi connectivity index (χ1) is 11.7. The van der Waals surface area contributed by atoms with Gasteiger partial charge in [0.2, 0.25) is 0 Å². The molecule has 0 radical (unpaired) electrons. The fraction of sp³-hybridized carbons (Fsp3) is 0.263. The minimum atomic E-state index is 0. The number of rotatable bonds is 9. The monoisotopic (exact) mass is 445 g/mol. The highest BCUT2D eigenvalue weighted by Crippen LogP contribution is 2.37. The Kier molecular flexibility index (Phi) is 9.98. The van der Waals surface area contributed by atoms with E-state index in [0.29, 0.717) is 29.7 Å². The van der Waals surface area contributed by atoms with Crippen LogP contribution in [0.15, 0.2) is 53.5 Å². The van der Waals surface area contributed by atoms with Gasteiger partial charge in [-0.15, -0.1) is 19.0 Å². The number of ether oxygens (including phenoxy) is 2. The highest BCUT2D eigenvalue weighted by Gasteiger charge is 2.13. The standard InChI is InChI=1S/C19H21BrClNO2.ClH/c1-3-9-22-12-14-10-16(20)19(18(11-14)23-4-2)24-13-15-7-5-6-8-17(15)21;/h3,5-8,10-11,22H,1,4,9,12-13H2,2H3;1H. The molecule has 6 heteroatoms. The van der Waals surface area contributed by atoms with Gasteiger partial charge in [0.15, 0.2) is 11.5 Å². The molecule has 0 saturated carbocycles. The fourth-order valence-electron chi connectivity index (χ4n) is 2.21. The fourth-order valence-corrected chi connectivity index (χ4v) is 3.00. The van der Waals surface area contributed by atoms with Crippen LogP contribution in [0, 0.1) is 0 Å². The van der Waals surface area contributed by atoms with Gasteiger partial charge in [-0.25, -0.2) is 0 Å². The van der Waals surface area contributed by atoms with Gasteiger partial charge in [0.05, 0.1) is 11.1 Å². The first-order valence-corrected chi connectivity index (χ1v) is 8.95. The summed E-state index contributed by atoms with van der Waals surface area (Å²) in [5.41, 5.74) is 2.04. The van der Waals surface area contributed by atoms with Gasteiger partial charge in [0, 0.05) is 23.7 Å². The number of hydrogen-bond donors (Lipinski definition) is 1. The third-order valence-corrected chi connectivity index (χ3v) is 4.27. The van der Waals surface area contributed by atoms with Crippen molar-refractivity contribution in [1.29, 1.82) is 0 Å². The molecule has 2 aromatic carbocycles. The SMILES string of the molecule is C=CCNCc1cc(Br)c(OCc2ccccc2Cl)c(OCC)c1.Cl. The number of benzene rings is 2. The molecule has 136 valence electrons. The molecular formula is C19H22BrCl2NO2. The molecule has 0 amide bonds. The Morgan fingerprint density at radius 3 is 2.68 bits per heavy atom. The summed E-state index contributed by atoms with van der Waals surface area (Å²) >= 11 is 9.77. The Hall–Kier alpha value is -1.20. The Morgan fingerprint density at radius 1 is 1.24 bits per heavy atom. The largest absolute Gasteiger partial charge is 0.490 e. The van der Waals surface area contributed by atoms with Gasteiger partial charge in [0.25, 0.3) is 0 Å². The molecule has 0 aliphatic rings. The van der Waals surface area contributed by atoms with Crippen LogP contribution in [0.2, 0.25) is 5.02 Å². The Morgan fingerprint density at radius 2 is 2.00 bits per heavy atom. The molecule has 0 heterocycles. The van der Waals surface area contributed by atoms with E-state index in [9.17, 15) is 0 Å². The lowest BCUT2D eigenvalue weighted by molar-refractivity contribution is 0.267. The summed E-state index contributed by atoms with van der Waals surface area (Å²) < 4.78 is 12.6. The maximum absolute atomic E-state index is 6.19. The van der Waals surface area contributed by atoms with Crippen LogP contribution in [-0.2, 0) is 13.2 Å². The first kappa shape index (κ1) is 21.8. The van der Waals surface area contributed by atoms with Crippen molar-refractivity contribution < 1.29 is 9.47 Å². The zero-order chi connectivity index (χ0) is 17.4. The van der Waals surface area contributed by atoms with E-state index in [4.69, 9.17) is 21.1 Å². The van der Waals surface area contributed by atoms with Gasteiger partial charge in [-0.3, -0.25) is 0 Å². The lowest BCUT2D eigenvalue weighted by atomic mass is 10.2. The molecule has 0 unspecified atom stereocenters. The summed E-state index contributed by atoms with van der Waals surface area (Å²) in [6.07, 6.45) is 1.83. The average Bonchev–Trinajstić information content (AvgIpc) is 2.56. The first-order valence-electron chi connectivity index (χ1n) is 7.78. The second kappa shape index (κ2) is 11.4. The van der Waals surface area contributed by atoms with Crippen LogP contribution in [0.4, 0.5) is 0 Å². The normalized spacial score (nSPS) is 10.0. The quantitative estimate of drug-likeness (QED) is 0.391. The molecule has 0 aromatic heterocycles. The topological polar surface area (TPSA) is 30.5 Å². The zero-order valence-corrected chi connectivity index (χ0v) is 17.2. The highest BCUT2D eigenvalue weighted by molar-refractivity contribution is 9.10.